The van der Waals surface area contributed by atoms with Crippen molar-refractivity contribution in [1.29, 1.82) is 0 Å². The standard InChI is InChI=1S/C17H31NO3/c1-11(2)13(10-15(19)21-7)16(20)18-14(12(3)4)8-9-17(18,5)6/h11-14H,8-10H2,1-7H3/t13-,14-/m0/s1. The lowest BCUT2D eigenvalue weighted by atomic mass is 9.89. The summed E-state index contributed by atoms with van der Waals surface area (Å²) in [5.74, 6) is 0.0651. The zero-order chi connectivity index (χ0) is 16.4. The lowest BCUT2D eigenvalue weighted by molar-refractivity contribution is -0.151. The third-order valence-electron chi connectivity index (χ3n) is 4.78. The van der Waals surface area contributed by atoms with Gasteiger partial charge < -0.3 is 9.64 Å². The van der Waals surface area contributed by atoms with Crippen LogP contribution in [-0.4, -0.2) is 35.5 Å². The van der Waals surface area contributed by atoms with Crippen LogP contribution in [0, 0.1) is 17.8 Å². The zero-order valence-electron chi connectivity index (χ0n) is 14.6. The Morgan fingerprint density at radius 2 is 1.81 bits per heavy atom. The van der Waals surface area contributed by atoms with Crippen molar-refractivity contribution in [2.45, 2.75) is 72.4 Å². The molecule has 0 radical (unpaired) electrons. The SMILES string of the molecule is COC(=O)C[C@H](C(=O)N1[C@H](C(C)C)CCC1(C)C)C(C)C. The molecule has 122 valence electrons. The Balaban J connectivity index is 3.02. The van der Waals surface area contributed by atoms with Crippen LogP contribution in [0.3, 0.4) is 0 Å². The fourth-order valence-corrected chi connectivity index (χ4v) is 3.34. The number of nitrogens with zero attached hydrogens (tertiary/aromatic N) is 1. The largest absolute Gasteiger partial charge is 0.469 e. The summed E-state index contributed by atoms with van der Waals surface area (Å²) < 4.78 is 4.76. The lowest BCUT2D eigenvalue weighted by Crippen LogP contribution is -2.52. The smallest absolute Gasteiger partial charge is 0.306 e. The summed E-state index contributed by atoms with van der Waals surface area (Å²) in [6.45, 7) is 12.6. The van der Waals surface area contributed by atoms with Crippen molar-refractivity contribution in [3.8, 4) is 0 Å². The first-order valence-electron chi connectivity index (χ1n) is 8.01. The second-order valence-corrected chi connectivity index (χ2v) is 7.50. The minimum absolute atomic E-state index is 0.108. The van der Waals surface area contributed by atoms with Crippen molar-refractivity contribution in [2.75, 3.05) is 7.11 Å². The van der Waals surface area contributed by atoms with Crippen LogP contribution in [0.2, 0.25) is 0 Å². The van der Waals surface area contributed by atoms with Gasteiger partial charge in [-0.15, -0.1) is 0 Å². The van der Waals surface area contributed by atoms with E-state index in [0.717, 1.165) is 12.8 Å². The Morgan fingerprint density at radius 1 is 1.24 bits per heavy atom. The highest BCUT2D eigenvalue weighted by Crippen LogP contribution is 2.39. The van der Waals surface area contributed by atoms with E-state index >= 15 is 0 Å². The summed E-state index contributed by atoms with van der Waals surface area (Å²) in [7, 11) is 1.38. The van der Waals surface area contributed by atoms with Gasteiger partial charge in [0.05, 0.1) is 19.4 Å². The Hall–Kier alpha value is -1.06. The van der Waals surface area contributed by atoms with Gasteiger partial charge in [-0.2, -0.15) is 0 Å². The van der Waals surface area contributed by atoms with E-state index in [0.29, 0.717) is 5.92 Å². The fraction of sp³-hybridized carbons (Fsp3) is 0.882. The molecule has 0 N–H and O–H groups in total. The van der Waals surface area contributed by atoms with E-state index in [1.165, 1.54) is 7.11 Å². The van der Waals surface area contributed by atoms with E-state index in [-0.39, 0.29) is 41.7 Å². The summed E-state index contributed by atoms with van der Waals surface area (Å²) in [6.07, 6.45) is 2.23. The van der Waals surface area contributed by atoms with E-state index in [9.17, 15) is 9.59 Å². The van der Waals surface area contributed by atoms with Gasteiger partial charge in [0.1, 0.15) is 0 Å². The van der Waals surface area contributed by atoms with Crippen molar-refractivity contribution in [2.24, 2.45) is 17.8 Å². The van der Waals surface area contributed by atoms with E-state index in [1.807, 2.05) is 18.7 Å². The Labute approximate surface area is 129 Å². The van der Waals surface area contributed by atoms with Crippen LogP contribution < -0.4 is 0 Å². The molecular weight excluding hydrogens is 266 g/mol. The van der Waals surface area contributed by atoms with Gasteiger partial charge in [-0.25, -0.2) is 0 Å². The first-order valence-corrected chi connectivity index (χ1v) is 8.01. The number of methoxy groups -OCH3 is 1. The third kappa shape index (κ3) is 3.98. The molecule has 2 atom stereocenters. The average Bonchev–Trinajstić information content (AvgIpc) is 2.70. The topological polar surface area (TPSA) is 46.6 Å². The predicted molar refractivity (Wildman–Crippen MR) is 83.7 cm³/mol. The van der Waals surface area contributed by atoms with Crippen LogP contribution in [-0.2, 0) is 14.3 Å². The second-order valence-electron chi connectivity index (χ2n) is 7.50. The van der Waals surface area contributed by atoms with Crippen LogP contribution >= 0.6 is 0 Å². The Bertz CT molecular complexity index is 387. The molecule has 1 saturated heterocycles. The normalized spacial score (nSPS) is 22.7. The molecule has 0 spiro atoms. The van der Waals surface area contributed by atoms with Gasteiger partial charge in [-0.3, -0.25) is 9.59 Å². The van der Waals surface area contributed by atoms with Crippen molar-refractivity contribution in [3.05, 3.63) is 0 Å². The highest BCUT2D eigenvalue weighted by molar-refractivity contribution is 5.85. The minimum Gasteiger partial charge on any atom is -0.469 e. The number of amides is 1. The molecule has 1 amide bonds. The molecule has 1 fully saturated rings. The molecule has 0 aromatic heterocycles. The quantitative estimate of drug-likeness (QED) is 0.732. The molecule has 1 aliphatic heterocycles. The van der Waals surface area contributed by atoms with Gasteiger partial charge in [0.25, 0.3) is 0 Å². The van der Waals surface area contributed by atoms with Crippen molar-refractivity contribution in [3.63, 3.8) is 0 Å². The van der Waals surface area contributed by atoms with E-state index in [4.69, 9.17) is 4.74 Å². The molecule has 1 heterocycles. The monoisotopic (exact) mass is 297 g/mol. The van der Waals surface area contributed by atoms with Crippen LogP contribution in [0.25, 0.3) is 0 Å². The summed E-state index contributed by atoms with van der Waals surface area (Å²) in [5.41, 5.74) is -0.130. The molecule has 1 aliphatic rings. The van der Waals surface area contributed by atoms with Gasteiger partial charge in [0, 0.05) is 11.6 Å². The number of likely N-dealkylation sites (tertiary alicyclic amines) is 1. The van der Waals surface area contributed by atoms with Crippen LogP contribution in [0.5, 0.6) is 0 Å². The van der Waals surface area contributed by atoms with Gasteiger partial charge in [0.15, 0.2) is 0 Å². The number of hydrogen-bond donors (Lipinski definition) is 0. The second kappa shape index (κ2) is 6.80. The average molecular weight is 297 g/mol. The summed E-state index contributed by atoms with van der Waals surface area (Å²) in [6, 6.07) is 0.270. The number of esters is 1. The van der Waals surface area contributed by atoms with E-state index in [1.54, 1.807) is 0 Å². The van der Waals surface area contributed by atoms with Gasteiger partial charge in [-0.1, -0.05) is 27.7 Å². The number of ether oxygens (including phenoxy) is 1. The summed E-state index contributed by atoms with van der Waals surface area (Å²) in [5, 5.41) is 0. The van der Waals surface area contributed by atoms with Crippen molar-refractivity contribution in [1.82, 2.24) is 4.90 Å². The third-order valence-corrected chi connectivity index (χ3v) is 4.78. The molecule has 0 aromatic carbocycles. The lowest BCUT2D eigenvalue weighted by Gasteiger charge is -2.40. The van der Waals surface area contributed by atoms with Gasteiger partial charge in [0.2, 0.25) is 5.91 Å². The van der Waals surface area contributed by atoms with Crippen molar-refractivity contribution < 1.29 is 14.3 Å². The number of hydrogen-bond acceptors (Lipinski definition) is 3. The summed E-state index contributed by atoms with van der Waals surface area (Å²) in [4.78, 5) is 26.8. The molecule has 0 bridgehead atoms. The molecule has 4 nitrogen and oxygen atoms in total. The molecule has 4 heteroatoms. The maximum Gasteiger partial charge on any atom is 0.306 e. The Kier molecular flexibility index (Phi) is 5.83. The summed E-state index contributed by atoms with van der Waals surface area (Å²) >= 11 is 0. The van der Waals surface area contributed by atoms with Gasteiger partial charge >= 0.3 is 5.97 Å². The minimum atomic E-state index is -0.305. The van der Waals surface area contributed by atoms with Crippen LogP contribution in [0.15, 0.2) is 0 Å². The molecule has 0 aromatic rings. The fourth-order valence-electron chi connectivity index (χ4n) is 3.34. The van der Waals surface area contributed by atoms with Crippen molar-refractivity contribution >= 4 is 11.9 Å². The van der Waals surface area contributed by atoms with Gasteiger partial charge in [-0.05, 0) is 38.5 Å². The predicted octanol–water partition coefficient (Wildman–Crippen LogP) is 3.25. The Morgan fingerprint density at radius 3 is 2.24 bits per heavy atom. The molecular formula is C17H31NO3. The number of carbonyl (C=O) groups excluding carboxylic acids is 2. The van der Waals surface area contributed by atoms with Crippen LogP contribution in [0.1, 0.15) is 60.8 Å². The van der Waals surface area contributed by atoms with E-state index < -0.39 is 0 Å². The molecule has 0 aliphatic carbocycles. The number of carbonyl (C=O) groups is 2. The van der Waals surface area contributed by atoms with Crippen LogP contribution in [0.4, 0.5) is 0 Å². The maximum absolute atomic E-state index is 13.1. The first kappa shape index (κ1) is 18.0. The number of rotatable bonds is 5. The van der Waals surface area contributed by atoms with E-state index in [2.05, 4.69) is 27.7 Å². The molecule has 1 rings (SSSR count). The maximum atomic E-state index is 13.1. The first-order chi connectivity index (χ1) is 9.61. The highest BCUT2D eigenvalue weighted by Gasteiger charge is 2.46. The molecule has 0 unspecified atom stereocenters. The highest BCUT2D eigenvalue weighted by atomic mass is 16.5. The zero-order valence-corrected chi connectivity index (χ0v) is 14.6. The molecule has 0 saturated carbocycles. The molecule has 21 heavy (non-hydrogen) atoms.